The highest BCUT2D eigenvalue weighted by Crippen LogP contribution is 2.53. The first-order valence-electron chi connectivity index (χ1n) is 9.36. The van der Waals surface area contributed by atoms with Crippen LogP contribution < -0.4 is 0 Å². The largest absolute Gasteiger partial charge is 0.465 e. The van der Waals surface area contributed by atoms with Crippen LogP contribution in [-0.2, 0) is 19.1 Å². The smallest absolute Gasteiger partial charge is 0.312 e. The highest BCUT2D eigenvalue weighted by atomic mass is 16.6. The van der Waals surface area contributed by atoms with E-state index in [-0.39, 0.29) is 23.9 Å². The van der Waals surface area contributed by atoms with Crippen molar-refractivity contribution in [3.8, 4) is 0 Å². The van der Waals surface area contributed by atoms with Gasteiger partial charge in [-0.3, -0.25) is 9.59 Å². The lowest BCUT2D eigenvalue weighted by molar-refractivity contribution is -0.155. The molecule has 132 valence electrons. The van der Waals surface area contributed by atoms with Crippen molar-refractivity contribution in [1.82, 2.24) is 4.90 Å². The van der Waals surface area contributed by atoms with Gasteiger partial charge in [0.25, 0.3) is 0 Å². The van der Waals surface area contributed by atoms with Crippen LogP contribution in [0.5, 0.6) is 0 Å². The molecule has 3 aliphatic heterocycles. The zero-order valence-electron chi connectivity index (χ0n) is 14.6. The standard InChI is InChI=1S/C19H27NO4/c1-12(2)10-23-18(22)15-14-8-9-19(24-14)11-20(17(21)16(15)19)13-6-4-3-5-7-13/h8-9,12-16H,3-7,10-11H2,1-2H3/t14-,15-,16+,19+/m1/s1. The number of hydrogen-bond acceptors (Lipinski definition) is 4. The van der Waals surface area contributed by atoms with E-state index in [1.807, 2.05) is 30.9 Å². The highest BCUT2D eigenvalue weighted by Gasteiger charge is 2.67. The minimum Gasteiger partial charge on any atom is -0.465 e. The molecule has 3 fully saturated rings. The fourth-order valence-electron chi connectivity index (χ4n) is 4.84. The van der Waals surface area contributed by atoms with Crippen LogP contribution in [0, 0.1) is 17.8 Å². The molecule has 2 bridgehead atoms. The van der Waals surface area contributed by atoms with Crippen molar-refractivity contribution in [3.05, 3.63) is 12.2 Å². The number of carbonyl (C=O) groups excluding carboxylic acids is 2. The van der Waals surface area contributed by atoms with Gasteiger partial charge in [0.15, 0.2) is 0 Å². The average molecular weight is 333 g/mol. The number of fused-ring (bicyclic) bond motifs is 1. The lowest BCUT2D eigenvalue weighted by atomic mass is 9.77. The Bertz CT molecular complexity index is 566. The molecule has 1 saturated carbocycles. The van der Waals surface area contributed by atoms with Crippen LogP contribution in [0.1, 0.15) is 46.0 Å². The van der Waals surface area contributed by atoms with Crippen molar-refractivity contribution in [2.75, 3.05) is 13.2 Å². The molecule has 1 amide bonds. The van der Waals surface area contributed by atoms with E-state index < -0.39 is 17.4 Å². The lowest BCUT2D eigenvalue weighted by Crippen LogP contribution is -2.42. The molecule has 0 aromatic rings. The molecule has 0 aromatic heterocycles. The molecule has 0 N–H and O–H groups in total. The Morgan fingerprint density at radius 1 is 1.38 bits per heavy atom. The SMILES string of the molecule is CC(C)COC(=O)[C@H]1[C@H]2C(=O)N(C3CCCCC3)C[C@@]23C=C[C@H]1O3. The topological polar surface area (TPSA) is 55.8 Å². The maximum absolute atomic E-state index is 13.1. The van der Waals surface area contributed by atoms with Crippen LogP contribution in [0.4, 0.5) is 0 Å². The Morgan fingerprint density at radius 2 is 2.12 bits per heavy atom. The third-order valence-corrected chi connectivity index (χ3v) is 5.98. The van der Waals surface area contributed by atoms with Gasteiger partial charge in [0.2, 0.25) is 5.91 Å². The lowest BCUT2D eigenvalue weighted by Gasteiger charge is -2.32. The van der Waals surface area contributed by atoms with E-state index in [1.54, 1.807) is 0 Å². The van der Waals surface area contributed by atoms with E-state index >= 15 is 0 Å². The Morgan fingerprint density at radius 3 is 2.83 bits per heavy atom. The number of amides is 1. The number of likely N-dealkylation sites (tertiary alicyclic amines) is 1. The van der Waals surface area contributed by atoms with Gasteiger partial charge in [-0.15, -0.1) is 0 Å². The molecular weight excluding hydrogens is 306 g/mol. The molecule has 24 heavy (non-hydrogen) atoms. The number of nitrogens with zero attached hydrogens (tertiary/aromatic N) is 1. The highest BCUT2D eigenvalue weighted by molar-refractivity contribution is 5.91. The summed E-state index contributed by atoms with van der Waals surface area (Å²) in [6.07, 6.45) is 9.46. The molecule has 3 heterocycles. The van der Waals surface area contributed by atoms with Crippen LogP contribution in [0.15, 0.2) is 12.2 Å². The van der Waals surface area contributed by atoms with E-state index in [0.29, 0.717) is 19.2 Å². The average Bonchev–Trinajstić information content (AvgIpc) is 3.22. The first-order chi connectivity index (χ1) is 11.5. The zero-order valence-corrected chi connectivity index (χ0v) is 14.6. The fraction of sp³-hybridized carbons (Fsp3) is 0.789. The Labute approximate surface area is 143 Å². The first kappa shape index (κ1) is 16.1. The van der Waals surface area contributed by atoms with Crippen LogP contribution in [0.25, 0.3) is 0 Å². The molecule has 0 unspecified atom stereocenters. The number of rotatable bonds is 4. The van der Waals surface area contributed by atoms with Crippen LogP contribution >= 0.6 is 0 Å². The molecule has 5 nitrogen and oxygen atoms in total. The minimum absolute atomic E-state index is 0.0975. The van der Waals surface area contributed by atoms with Gasteiger partial charge in [-0.05, 0) is 18.8 Å². The summed E-state index contributed by atoms with van der Waals surface area (Å²) in [5, 5.41) is 0. The van der Waals surface area contributed by atoms with Crippen molar-refractivity contribution < 1.29 is 19.1 Å². The molecule has 2 saturated heterocycles. The second kappa shape index (κ2) is 5.87. The third-order valence-electron chi connectivity index (χ3n) is 5.98. The van der Waals surface area contributed by atoms with Gasteiger partial charge in [-0.1, -0.05) is 45.3 Å². The molecule has 4 aliphatic rings. The fourth-order valence-corrected chi connectivity index (χ4v) is 4.84. The van der Waals surface area contributed by atoms with Gasteiger partial charge in [0, 0.05) is 6.04 Å². The van der Waals surface area contributed by atoms with Gasteiger partial charge in [0.1, 0.15) is 11.5 Å². The molecule has 4 atom stereocenters. The number of carbonyl (C=O) groups is 2. The molecule has 1 aliphatic carbocycles. The van der Waals surface area contributed by atoms with Crippen LogP contribution in [-0.4, -0.2) is 47.7 Å². The van der Waals surface area contributed by atoms with Crippen molar-refractivity contribution >= 4 is 11.9 Å². The summed E-state index contributed by atoms with van der Waals surface area (Å²) < 4.78 is 11.6. The van der Waals surface area contributed by atoms with E-state index in [2.05, 4.69) is 0 Å². The monoisotopic (exact) mass is 333 g/mol. The molecule has 5 heteroatoms. The Balaban J connectivity index is 1.54. The summed E-state index contributed by atoms with van der Waals surface area (Å²) >= 11 is 0. The number of esters is 1. The summed E-state index contributed by atoms with van der Waals surface area (Å²) in [5.41, 5.74) is -0.597. The van der Waals surface area contributed by atoms with E-state index in [9.17, 15) is 9.59 Å². The van der Waals surface area contributed by atoms with Crippen LogP contribution in [0.3, 0.4) is 0 Å². The summed E-state index contributed by atoms with van der Waals surface area (Å²) in [6.45, 7) is 5.02. The van der Waals surface area contributed by atoms with Crippen molar-refractivity contribution in [1.29, 1.82) is 0 Å². The number of ether oxygens (including phenoxy) is 2. The molecule has 0 aromatic carbocycles. The summed E-state index contributed by atoms with van der Waals surface area (Å²) in [6, 6.07) is 0.314. The minimum atomic E-state index is -0.597. The van der Waals surface area contributed by atoms with Crippen molar-refractivity contribution in [2.24, 2.45) is 17.8 Å². The van der Waals surface area contributed by atoms with E-state index in [4.69, 9.17) is 9.47 Å². The molecule has 4 rings (SSSR count). The van der Waals surface area contributed by atoms with E-state index in [0.717, 1.165) is 12.8 Å². The van der Waals surface area contributed by atoms with Crippen molar-refractivity contribution in [3.63, 3.8) is 0 Å². The number of hydrogen-bond donors (Lipinski definition) is 0. The quantitative estimate of drug-likeness (QED) is 0.585. The third kappa shape index (κ3) is 2.40. The van der Waals surface area contributed by atoms with Crippen LogP contribution in [0.2, 0.25) is 0 Å². The Kier molecular flexibility index (Phi) is 3.94. The summed E-state index contributed by atoms with van der Waals surface area (Å²) in [4.78, 5) is 27.7. The summed E-state index contributed by atoms with van der Waals surface area (Å²) in [7, 11) is 0. The summed E-state index contributed by atoms with van der Waals surface area (Å²) in [5.74, 6) is -0.760. The maximum Gasteiger partial charge on any atom is 0.312 e. The second-order valence-corrected chi connectivity index (χ2v) is 8.18. The molecular formula is C19H27NO4. The molecule has 1 spiro atoms. The van der Waals surface area contributed by atoms with Gasteiger partial charge < -0.3 is 14.4 Å². The predicted molar refractivity (Wildman–Crippen MR) is 88.1 cm³/mol. The van der Waals surface area contributed by atoms with Gasteiger partial charge >= 0.3 is 5.97 Å². The normalized spacial score (nSPS) is 38.2. The van der Waals surface area contributed by atoms with Gasteiger partial charge in [0.05, 0.1) is 25.2 Å². The van der Waals surface area contributed by atoms with E-state index in [1.165, 1.54) is 19.3 Å². The zero-order chi connectivity index (χ0) is 16.9. The second-order valence-electron chi connectivity index (χ2n) is 8.18. The molecule has 0 radical (unpaired) electrons. The van der Waals surface area contributed by atoms with Gasteiger partial charge in [-0.2, -0.15) is 0 Å². The maximum atomic E-state index is 13.1. The first-order valence-corrected chi connectivity index (χ1v) is 9.36. The van der Waals surface area contributed by atoms with Gasteiger partial charge in [-0.25, -0.2) is 0 Å². The van der Waals surface area contributed by atoms with Crippen molar-refractivity contribution in [2.45, 2.75) is 63.7 Å². The Hall–Kier alpha value is -1.36. The predicted octanol–water partition coefficient (Wildman–Crippen LogP) is 2.30.